The van der Waals surface area contributed by atoms with E-state index in [-0.39, 0.29) is 50.0 Å². The van der Waals surface area contributed by atoms with Crippen LogP contribution in [0.2, 0.25) is 0 Å². The summed E-state index contributed by atoms with van der Waals surface area (Å²) >= 11 is 0. The van der Waals surface area contributed by atoms with E-state index in [0.717, 1.165) is 37.3 Å². The predicted octanol–water partition coefficient (Wildman–Crippen LogP) is 1.84. The maximum atomic E-state index is 12.6. The Morgan fingerprint density at radius 1 is 0.708 bits per heavy atom. The van der Waals surface area contributed by atoms with Crippen molar-refractivity contribution in [2.24, 2.45) is 74.2 Å². The van der Waals surface area contributed by atoms with Crippen LogP contribution in [0.25, 0.3) is 0 Å². The first-order chi connectivity index (χ1) is 30.3. The summed E-state index contributed by atoms with van der Waals surface area (Å²) in [5.74, 6) is -0.605. The third-order valence-corrected chi connectivity index (χ3v) is 12.2. The van der Waals surface area contributed by atoms with Crippen molar-refractivity contribution < 1.29 is 34.0 Å². The zero-order chi connectivity index (χ0) is 47.3. The Kier molecular flexibility index (Phi) is 23.6. The maximum absolute atomic E-state index is 12.6. The number of carboxylic acid groups (broad SMARTS) is 2. The number of carbonyl (C=O) groups is 4. The van der Waals surface area contributed by atoms with E-state index in [4.69, 9.17) is 34.1 Å². The Balaban J connectivity index is 0.000000325. The molecule has 2 aromatic rings. The van der Waals surface area contributed by atoms with Gasteiger partial charge in [-0.2, -0.15) is 4.99 Å². The van der Waals surface area contributed by atoms with Crippen molar-refractivity contribution in [3.05, 3.63) is 71.8 Å². The number of hydrogen-bond donors (Lipinski definition) is 7. The highest BCUT2D eigenvalue weighted by Crippen LogP contribution is 2.37. The molecule has 18 nitrogen and oxygen atoms in total. The lowest BCUT2D eigenvalue weighted by Crippen LogP contribution is -2.38. The van der Waals surface area contributed by atoms with Crippen LogP contribution >= 0.6 is 0 Å². The van der Waals surface area contributed by atoms with Crippen molar-refractivity contribution in [2.75, 3.05) is 54.4 Å². The van der Waals surface area contributed by atoms with Crippen molar-refractivity contribution >= 4 is 47.6 Å². The van der Waals surface area contributed by atoms with Gasteiger partial charge < -0.3 is 52.6 Å². The third kappa shape index (κ3) is 19.6. The summed E-state index contributed by atoms with van der Waals surface area (Å²) in [7, 11) is 6.95. The average Bonchev–Trinajstić information content (AvgIpc) is 3.90. The summed E-state index contributed by atoms with van der Waals surface area (Å²) in [5, 5.41) is 27.6. The molecule has 2 aliphatic heterocycles. The van der Waals surface area contributed by atoms with Gasteiger partial charge in [0.2, 0.25) is 17.8 Å². The number of nitrogens with one attached hydrogen (secondary N) is 1. The summed E-state index contributed by atoms with van der Waals surface area (Å²) in [4.78, 5) is 60.5. The van der Waals surface area contributed by atoms with Crippen molar-refractivity contribution in [2.45, 2.75) is 84.5 Å². The molecule has 12 N–H and O–H groups in total. The molecule has 6 rings (SSSR count). The molecular weight excluding hydrogens is 829 g/mol. The summed E-state index contributed by atoms with van der Waals surface area (Å²) in [6.07, 6.45) is 10.9. The van der Waals surface area contributed by atoms with E-state index in [1.54, 1.807) is 37.7 Å². The van der Waals surface area contributed by atoms with Crippen LogP contribution in [0.4, 0.5) is 0 Å². The number of aliphatic carboxylic acids is 2. The molecule has 18 heteroatoms. The van der Waals surface area contributed by atoms with E-state index in [9.17, 15) is 29.4 Å². The number of carbonyl (C=O) groups excluding carboxylic acids is 3. The molecule has 0 bridgehead atoms. The molecule has 4 aliphatic rings. The molecule has 0 unspecified atom stereocenters. The van der Waals surface area contributed by atoms with Crippen LogP contribution < -0.4 is 33.8 Å². The lowest BCUT2D eigenvalue weighted by molar-refractivity contribution is -0.466. The van der Waals surface area contributed by atoms with Crippen LogP contribution in [0.3, 0.4) is 0 Å². The number of nitrogens with two attached hydrogens (primary N) is 5. The molecular formula is C47H76N12O6. The summed E-state index contributed by atoms with van der Waals surface area (Å²) in [5.41, 5.74) is 27.5. The van der Waals surface area contributed by atoms with E-state index < -0.39 is 23.8 Å². The Hall–Kier alpha value is -6.20. The molecule has 4 fully saturated rings. The molecule has 6 atom stereocenters. The first-order valence-corrected chi connectivity index (χ1v) is 22.2. The molecule has 2 saturated carbocycles. The van der Waals surface area contributed by atoms with E-state index >= 15 is 0 Å². The van der Waals surface area contributed by atoms with Gasteiger partial charge in [-0.05, 0) is 78.3 Å². The second-order valence-corrected chi connectivity index (χ2v) is 17.6. The molecule has 2 aliphatic carbocycles. The lowest BCUT2D eigenvalue weighted by Gasteiger charge is -2.22. The molecule has 2 saturated heterocycles. The highest BCUT2D eigenvalue weighted by Gasteiger charge is 2.38. The first kappa shape index (κ1) is 54.9. The molecule has 0 aromatic heterocycles. The molecule has 2 amide bonds. The van der Waals surface area contributed by atoms with Gasteiger partial charge in [-0.1, -0.05) is 93.8 Å². The van der Waals surface area contributed by atoms with Crippen LogP contribution in [0, 0.1) is 40.9 Å². The van der Waals surface area contributed by atoms with Crippen molar-refractivity contribution in [3.63, 3.8) is 0 Å². The van der Waals surface area contributed by atoms with Crippen LogP contribution in [0.15, 0.2) is 70.6 Å². The number of aliphatic imine (C=N–C) groups is 2. The van der Waals surface area contributed by atoms with Gasteiger partial charge in [0, 0.05) is 65.0 Å². The SMILES string of the molecule is C.CN(C)C(N)=NC(=N)N.C[N+](C)=C(N)N=C(N)N.O=C(O)[C@H](CC(=O)N1C[C@H]2CCCC[C@H]2C1)Cc1ccccc1.O=C([O-])[C@H](CC(=O)N1C[C@H]2CCCC[C@H]2C1)Cc1ccccc1. The first-order valence-electron chi connectivity index (χ1n) is 22.2. The minimum atomic E-state index is -1.13. The number of rotatable bonds is 10. The number of fused-ring (bicyclic) bond motifs is 2. The van der Waals surface area contributed by atoms with Gasteiger partial charge in [-0.15, -0.1) is 0 Å². The highest BCUT2D eigenvalue weighted by molar-refractivity contribution is 5.91. The molecule has 0 spiro atoms. The van der Waals surface area contributed by atoms with E-state index in [2.05, 4.69) is 9.98 Å². The molecule has 2 aromatic carbocycles. The number of benzene rings is 2. The Bertz CT molecular complexity index is 1790. The summed E-state index contributed by atoms with van der Waals surface area (Å²) < 4.78 is 1.61. The zero-order valence-electron chi connectivity index (χ0n) is 38.1. The number of hydrogen-bond acceptors (Lipinski definition) is 6. The number of carboxylic acids is 2. The van der Waals surface area contributed by atoms with E-state index in [1.165, 1.54) is 51.4 Å². The van der Waals surface area contributed by atoms with Crippen LogP contribution in [-0.4, -0.2) is 126 Å². The maximum Gasteiger partial charge on any atom is 0.387 e. The molecule has 2 heterocycles. The second-order valence-electron chi connectivity index (χ2n) is 17.6. The lowest BCUT2D eigenvalue weighted by atomic mass is 9.82. The predicted molar refractivity (Wildman–Crippen MR) is 254 cm³/mol. The molecule has 65 heavy (non-hydrogen) atoms. The standard InChI is InChI=1S/2C19H25NO3.2C4H11N5.CH4/c2*21-18(20-12-15-8-4-5-9-16(15)13-20)11-17(19(22)23)10-14-6-2-1-3-7-14;2*1-9(2)4(7)8-3(5)6;/h2*1-3,6-7,15-17H,4-5,8-13H2,(H,22,23);2*1-2H3,(H5,5,6,7,8);1H4/t2*15-,16+,17-;;;/m00.../s1. The van der Waals surface area contributed by atoms with Crippen LogP contribution in [0.1, 0.15) is 82.8 Å². The fourth-order valence-electron chi connectivity index (χ4n) is 8.64. The van der Waals surface area contributed by atoms with Gasteiger partial charge in [-0.25, -0.2) is 0 Å². The average molecular weight is 905 g/mol. The molecule has 0 radical (unpaired) electrons. The second kappa shape index (κ2) is 27.9. The van der Waals surface area contributed by atoms with E-state index in [1.807, 2.05) is 70.5 Å². The van der Waals surface area contributed by atoms with Gasteiger partial charge >= 0.3 is 11.9 Å². The third-order valence-electron chi connectivity index (χ3n) is 12.2. The van der Waals surface area contributed by atoms with Crippen molar-refractivity contribution in [3.8, 4) is 0 Å². The smallest absolute Gasteiger partial charge is 0.387 e. The Labute approximate surface area is 385 Å². The minimum absolute atomic E-state index is 0. The quantitative estimate of drug-likeness (QED) is 0.102. The monoisotopic (exact) mass is 905 g/mol. The summed E-state index contributed by atoms with van der Waals surface area (Å²) in [6, 6.07) is 19.0. The van der Waals surface area contributed by atoms with Crippen molar-refractivity contribution in [1.82, 2.24) is 14.7 Å². The Morgan fingerprint density at radius 2 is 1.08 bits per heavy atom. The van der Waals surface area contributed by atoms with Gasteiger partial charge in [0.1, 0.15) is 0 Å². The molecule has 360 valence electrons. The van der Waals surface area contributed by atoms with Crippen LogP contribution in [-0.2, 0) is 32.0 Å². The highest BCUT2D eigenvalue weighted by atomic mass is 16.4. The number of likely N-dealkylation sites (tertiary alicyclic amines) is 2. The Morgan fingerprint density at radius 3 is 1.35 bits per heavy atom. The number of amides is 2. The van der Waals surface area contributed by atoms with Gasteiger partial charge in [0.05, 0.1) is 20.0 Å². The van der Waals surface area contributed by atoms with E-state index in [0.29, 0.717) is 42.5 Å². The minimum Gasteiger partial charge on any atom is -0.550 e. The van der Waals surface area contributed by atoms with Gasteiger partial charge in [-0.3, -0.25) is 30.1 Å². The number of guanidine groups is 4. The summed E-state index contributed by atoms with van der Waals surface area (Å²) in [6.45, 7) is 3.30. The number of nitrogens with zero attached hydrogens (tertiary/aromatic N) is 6. The van der Waals surface area contributed by atoms with Gasteiger partial charge in [0.15, 0.2) is 5.96 Å². The zero-order valence-corrected chi connectivity index (χ0v) is 38.1. The van der Waals surface area contributed by atoms with Gasteiger partial charge in [0.25, 0.3) is 5.96 Å². The largest absolute Gasteiger partial charge is 0.550 e. The van der Waals surface area contributed by atoms with Crippen molar-refractivity contribution in [1.29, 1.82) is 5.41 Å². The fraction of sp³-hybridized carbons (Fsp3) is 0.574. The van der Waals surface area contributed by atoms with Crippen LogP contribution in [0.5, 0.6) is 0 Å². The fourth-order valence-corrected chi connectivity index (χ4v) is 8.64. The normalized spacial score (nSPS) is 20.3. The topological polar surface area (TPSA) is 303 Å².